The van der Waals surface area contributed by atoms with Crippen LogP contribution >= 0.6 is 0 Å². The fourth-order valence-electron chi connectivity index (χ4n) is 4.76. The largest absolute Gasteiger partial charge is 0.493 e. The van der Waals surface area contributed by atoms with Crippen LogP contribution in [0.3, 0.4) is 0 Å². The molecule has 4 rings (SSSR count). The Bertz CT molecular complexity index is 1130. The predicted molar refractivity (Wildman–Crippen MR) is 123 cm³/mol. The summed E-state index contributed by atoms with van der Waals surface area (Å²) >= 11 is 0. The molecule has 33 heavy (non-hydrogen) atoms. The van der Waals surface area contributed by atoms with E-state index in [4.69, 9.17) is 9.47 Å². The number of benzene rings is 2. The van der Waals surface area contributed by atoms with E-state index < -0.39 is 11.9 Å². The van der Waals surface area contributed by atoms with Crippen molar-refractivity contribution in [2.45, 2.75) is 44.9 Å². The van der Waals surface area contributed by atoms with Crippen molar-refractivity contribution in [3.63, 3.8) is 0 Å². The second-order valence-corrected chi connectivity index (χ2v) is 8.45. The van der Waals surface area contributed by atoms with Crippen LogP contribution in [-0.4, -0.2) is 25.5 Å². The molecule has 0 aromatic heterocycles. The first-order chi connectivity index (χ1) is 15.9. The van der Waals surface area contributed by atoms with E-state index in [2.05, 4.69) is 5.32 Å². The third kappa shape index (κ3) is 4.42. The molecule has 172 valence electrons. The van der Waals surface area contributed by atoms with Gasteiger partial charge in [0.2, 0.25) is 0 Å². The molecule has 0 fully saturated rings. The quantitative estimate of drug-likeness (QED) is 0.618. The molecule has 2 aliphatic rings. The Balaban J connectivity index is 1.81. The Hall–Kier alpha value is -3.41. The summed E-state index contributed by atoms with van der Waals surface area (Å²) < 4.78 is 24.5. The molecule has 2 aromatic carbocycles. The minimum Gasteiger partial charge on any atom is -0.493 e. The summed E-state index contributed by atoms with van der Waals surface area (Å²) in [5, 5.41) is 3.31. The van der Waals surface area contributed by atoms with Gasteiger partial charge >= 0.3 is 5.97 Å². The lowest BCUT2D eigenvalue weighted by Crippen LogP contribution is -2.36. The number of esters is 1. The molecule has 6 heteroatoms. The molecule has 1 N–H and O–H groups in total. The number of halogens is 1. The first-order valence-electron chi connectivity index (χ1n) is 11.2. The first kappa shape index (κ1) is 22.8. The van der Waals surface area contributed by atoms with E-state index in [1.54, 1.807) is 12.1 Å². The molecule has 0 spiro atoms. The summed E-state index contributed by atoms with van der Waals surface area (Å²) in [5.41, 5.74) is 4.13. The molecule has 0 saturated heterocycles. The molecule has 1 aliphatic heterocycles. The van der Waals surface area contributed by atoms with Crippen molar-refractivity contribution in [3.05, 3.63) is 88.0 Å². The predicted octanol–water partition coefficient (Wildman–Crippen LogP) is 5.15. The van der Waals surface area contributed by atoms with Crippen molar-refractivity contribution in [3.8, 4) is 5.75 Å². The van der Waals surface area contributed by atoms with Gasteiger partial charge in [-0.15, -0.1) is 0 Å². The second kappa shape index (κ2) is 9.61. The molecule has 1 aliphatic carbocycles. The molecule has 0 radical (unpaired) electrons. The number of hydrogen-bond donors (Lipinski definition) is 1. The number of ketones is 1. The molecule has 2 atom stereocenters. The summed E-state index contributed by atoms with van der Waals surface area (Å²) in [5.74, 6) is -0.812. The Morgan fingerprint density at radius 3 is 2.55 bits per heavy atom. The van der Waals surface area contributed by atoms with E-state index in [9.17, 15) is 14.0 Å². The van der Waals surface area contributed by atoms with Crippen LogP contribution in [-0.2, 0) is 14.3 Å². The fraction of sp³-hybridized carbons (Fsp3) is 0.333. The van der Waals surface area contributed by atoms with Gasteiger partial charge in [0.05, 0.1) is 25.2 Å². The van der Waals surface area contributed by atoms with Crippen molar-refractivity contribution < 1.29 is 23.5 Å². The molecule has 0 bridgehead atoms. The molecule has 0 saturated carbocycles. The van der Waals surface area contributed by atoms with Gasteiger partial charge in [0.15, 0.2) is 5.78 Å². The highest BCUT2D eigenvalue weighted by atomic mass is 19.1. The summed E-state index contributed by atoms with van der Waals surface area (Å²) in [6.07, 6.45) is 1.71. The monoisotopic (exact) mass is 449 g/mol. The summed E-state index contributed by atoms with van der Waals surface area (Å²) in [4.78, 5) is 26.4. The average molecular weight is 450 g/mol. The van der Waals surface area contributed by atoms with Crippen molar-refractivity contribution in [2.75, 3.05) is 13.7 Å². The van der Waals surface area contributed by atoms with Crippen molar-refractivity contribution in [2.24, 2.45) is 0 Å². The van der Waals surface area contributed by atoms with Crippen LogP contribution in [0.4, 0.5) is 4.39 Å². The lowest BCUT2D eigenvalue weighted by molar-refractivity contribution is -0.136. The number of dihydropyridines is 1. The third-order valence-corrected chi connectivity index (χ3v) is 6.27. The first-order valence-corrected chi connectivity index (χ1v) is 11.2. The maximum Gasteiger partial charge on any atom is 0.336 e. The van der Waals surface area contributed by atoms with Crippen LogP contribution in [0.5, 0.6) is 5.75 Å². The fourth-order valence-corrected chi connectivity index (χ4v) is 4.76. The Kier molecular flexibility index (Phi) is 6.63. The lowest BCUT2D eigenvalue weighted by Gasteiger charge is -2.37. The van der Waals surface area contributed by atoms with Gasteiger partial charge in [0.1, 0.15) is 11.6 Å². The van der Waals surface area contributed by atoms with Crippen molar-refractivity contribution in [1.82, 2.24) is 5.32 Å². The minimum atomic E-state index is -0.580. The van der Waals surface area contributed by atoms with Gasteiger partial charge in [-0.25, -0.2) is 9.18 Å². The van der Waals surface area contributed by atoms with Gasteiger partial charge in [-0.05, 0) is 49.4 Å². The van der Waals surface area contributed by atoms with Gasteiger partial charge in [0, 0.05) is 29.0 Å². The normalized spacial score (nSPS) is 20.3. The number of nitrogens with one attached hydrogen (secondary N) is 1. The topological polar surface area (TPSA) is 64.6 Å². The van der Waals surface area contributed by atoms with Crippen LogP contribution in [0.15, 0.2) is 71.1 Å². The van der Waals surface area contributed by atoms with E-state index in [0.717, 1.165) is 23.2 Å². The number of carbonyl (C=O) groups excluding carboxylic acids is 2. The molecule has 0 amide bonds. The molecule has 1 heterocycles. The average Bonchev–Trinajstić information content (AvgIpc) is 2.82. The van der Waals surface area contributed by atoms with Crippen molar-refractivity contribution >= 4 is 11.8 Å². The number of para-hydroxylation sites is 1. The third-order valence-electron chi connectivity index (χ3n) is 6.27. The van der Waals surface area contributed by atoms with Crippen LogP contribution < -0.4 is 10.1 Å². The number of Topliss-reactive ketones (excluding diaryl/α,β-unsaturated/α-hetero) is 1. The molecular weight excluding hydrogens is 421 g/mol. The van der Waals surface area contributed by atoms with Crippen molar-refractivity contribution in [1.29, 1.82) is 0 Å². The van der Waals surface area contributed by atoms with Crippen LogP contribution in [0, 0.1) is 5.82 Å². The van der Waals surface area contributed by atoms with Crippen LogP contribution in [0.1, 0.15) is 56.1 Å². The molecule has 2 aromatic rings. The van der Waals surface area contributed by atoms with E-state index in [1.807, 2.05) is 38.1 Å². The number of carbonyl (C=O) groups is 2. The van der Waals surface area contributed by atoms with E-state index >= 15 is 0 Å². The van der Waals surface area contributed by atoms with E-state index in [-0.39, 0.29) is 23.9 Å². The van der Waals surface area contributed by atoms with E-state index in [1.165, 1.54) is 19.2 Å². The highest BCUT2D eigenvalue weighted by Gasteiger charge is 2.42. The van der Waals surface area contributed by atoms with Gasteiger partial charge in [0.25, 0.3) is 0 Å². The van der Waals surface area contributed by atoms with E-state index in [0.29, 0.717) is 35.6 Å². The van der Waals surface area contributed by atoms with Crippen LogP contribution in [0.25, 0.3) is 0 Å². The molecular formula is C27H28FNO4. The Labute approximate surface area is 193 Å². The zero-order chi connectivity index (χ0) is 23.5. The van der Waals surface area contributed by atoms with Crippen LogP contribution in [0.2, 0.25) is 0 Å². The zero-order valence-electron chi connectivity index (χ0n) is 19.1. The van der Waals surface area contributed by atoms with Gasteiger partial charge < -0.3 is 14.8 Å². The standard InChI is InChI=1S/C27H28FNO4/c1-4-13-33-23-8-6-5-7-20(23)25-24(27(31)32-3)16(2)29-21-14-18(15-22(30)26(21)25)17-9-11-19(28)12-10-17/h5-12,18,25,29H,4,13-15H2,1-3H3/t18-,25-/m1/s1. The maximum absolute atomic E-state index is 13.6. The number of methoxy groups -OCH3 is 1. The van der Waals surface area contributed by atoms with Gasteiger partial charge in [-0.3, -0.25) is 4.79 Å². The number of ether oxygens (including phenoxy) is 2. The number of allylic oxidation sites excluding steroid dienone is 3. The zero-order valence-corrected chi connectivity index (χ0v) is 19.1. The summed E-state index contributed by atoms with van der Waals surface area (Å²) in [6.45, 7) is 4.38. The highest BCUT2D eigenvalue weighted by Crippen LogP contribution is 2.47. The summed E-state index contributed by atoms with van der Waals surface area (Å²) in [7, 11) is 1.34. The second-order valence-electron chi connectivity index (χ2n) is 8.45. The Morgan fingerprint density at radius 2 is 1.85 bits per heavy atom. The molecule has 0 unspecified atom stereocenters. The number of rotatable bonds is 6. The SMILES string of the molecule is CCCOc1ccccc1[C@@H]1C(C(=O)OC)=C(C)NC2=C1C(=O)C[C@H](c1ccc(F)cc1)C2. The number of hydrogen-bond acceptors (Lipinski definition) is 5. The lowest BCUT2D eigenvalue weighted by atomic mass is 9.71. The summed E-state index contributed by atoms with van der Waals surface area (Å²) in [6, 6.07) is 13.8. The maximum atomic E-state index is 13.6. The highest BCUT2D eigenvalue weighted by molar-refractivity contribution is 6.04. The van der Waals surface area contributed by atoms with Gasteiger partial charge in [-0.2, -0.15) is 0 Å². The minimum absolute atomic E-state index is 0.0396. The Morgan fingerprint density at radius 1 is 1.12 bits per heavy atom. The smallest absolute Gasteiger partial charge is 0.336 e. The molecule has 5 nitrogen and oxygen atoms in total. The van der Waals surface area contributed by atoms with Gasteiger partial charge in [-0.1, -0.05) is 37.3 Å².